The fourth-order valence-electron chi connectivity index (χ4n) is 3.57. The molecule has 26 heavy (non-hydrogen) atoms. The van der Waals surface area contributed by atoms with Crippen LogP contribution in [0.5, 0.6) is 0 Å². The summed E-state index contributed by atoms with van der Waals surface area (Å²) in [6.45, 7) is 11.2. The normalized spacial score (nSPS) is 17.8. The zero-order valence-corrected chi connectivity index (χ0v) is 16.2. The molecule has 0 radical (unpaired) electrons. The van der Waals surface area contributed by atoms with Crippen molar-refractivity contribution in [3.05, 3.63) is 23.8 Å². The van der Waals surface area contributed by atoms with E-state index in [0.717, 1.165) is 50.4 Å². The van der Waals surface area contributed by atoms with Crippen LogP contribution in [0, 0.1) is 0 Å². The van der Waals surface area contributed by atoms with Gasteiger partial charge in [0.15, 0.2) is 0 Å². The Labute approximate surface area is 155 Å². The lowest BCUT2D eigenvalue weighted by molar-refractivity contribution is -0.129. The zero-order valence-electron chi connectivity index (χ0n) is 16.2. The van der Waals surface area contributed by atoms with Crippen LogP contribution in [-0.4, -0.2) is 55.2 Å². The minimum absolute atomic E-state index is 0.142. The Hall–Kier alpha value is -2.24. The number of fused-ring (bicyclic) bond motifs is 1. The van der Waals surface area contributed by atoms with Gasteiger partial charge >= 0.3 is 6.09 Å². The maximum atomic E-state index is 12.5. The first-order valence-electron chi connectivity index (χ1n) is 9.38. The second-order valence-electron chi connectivity index (χ2n) is 8.04. The summed E-state index contributed by atoms with van der Waals surface area (Å²) < 4.78 is 5.55. The van der Waals surface area contributed by atoms with Gasteiger partial charge < -0.3 is 14.5 Å². The van der Waals surface area contributed by atoms with Crippen LogP contribution >= 0.6 is 0 Å². The monoisotopic (exact) mass is 359 g/mol. The van der Waals surface area contributed by atoms with Crippen molar-refractivity contribution in [1.29, 1.82) is 0 Å². The number of benzene rings is 1. The Bertz CT molecular complexity index is 688. The number of aryl methyl sites for hydroxylation is 1. The Morgan fingerprint density at radius 2 is 1.73 bits per heavy atom. The minimum Gasteiger partial charge on any atom is -0.443 e. The van der Waals surface area contributed by atoms with Gasteiger partial charge in [-0.3, -0.25) is 9.69 Å². The van der Waals surface area contributed by atoms with Gasteiger partial charge in [0.05, 0.1) is 5.69 Å². The highest BCUT2D eigenvalue weighted by molar-refractivity contribution is 5.90. The first-order chi connectivity index (χ1) is 12.2. The lowest BCUT2D eigenvalue weighted by Gasteiger charge is -2.37. The number of hydrogen-bond donors (Lipinski definition) is 0. The number of ether oxygens (including phenoxy) is 1. The standard InChI is InChI=1S/C20H29N3O3/c1-15(24)21-10-12-22(13-11-21)17-7-8-18-16(14-17)6-5-9-23(18)19(25)26-20(2,3)4/h7-8,14H,5-6,9-13H2,1-4H3. The topological polar surface area (TPSA) is 53.1 Å². The van der Waals surface area contributed by atoms with Gasteiger partial charge in [-0.1, -0.05) is 0 Å². The van der Waals surface area contributed by atoms with Crippen LogP contribution in [0.4, 0.5) is 16.2 Å². The minimum atomic E-state index is -0.495. The highest BCUT2D eigenvalue weighted by Crippen LogP contribution is 2.32. The summed E-state index contributed by atoms with van der Waals surface area (Å²) in [6.07, 6.45) is 1.63. The summed E-state index contributed by atoms with van der Waals surface area (Å²) in [6, 6.07) is 6.30. The van der Waals surface area contributed by atoms with Gasteiger partial charge in [0, 0.05) is 45.3 Å². The molecule has 0 spiro atoms. The van der Waals surface area contributed by atoms with E-state index in [0.29, 0.717) is 6.54 Å². The van der Waals surface area contributed by atoms with E-state index in [1.807, 2.05) is 31.7 Å². The highest BCUT2D eigenvalue weighted by atomic mass is 16.6. The molecule has 0 bridgehead atoms. The molecule has 0 unspecified atom stereocenters. The number of anilines is 2. The first-order valence-corrected chi connectivity index (χ1v) is 9.38. The van der Waals surface area contributed by atoms with E-state index in [-0.39, 0.29) is 12.0 Å². The summed E-state index contributed by atoms with van der Waals surface area (Å²) in [5, 5.41) is 0. The Balaban J connectivity index is 1.74. The lowest BCUT2D eigenvalue weighted by Crippen LogP contribution is -2.48. The maximum absolute atomic E-state index is 12.5. The highest BCUT2D eigenvalue weighted by Gasteiger charge is 2.28. The van der Waals surface area contributed by atoms with E-state index in [9.17, 15) is 9.59 Å². The second-order valence-corrected chi connectivity index (χ2v) is 8.04. The Morgan fingerprint density at radius 3 is 2.35 bits per heavy atom. The molecule has 1 aromatic carbocycles. The van der Waals surface area contributed by atoms with Gasteiger partial charge in [-0.05, 0) is 57.4 Å². The average molecular weight is 359 g/mol. The van der Waals surface area contributed by atoms with Gasteiger partial charge in [-0.2, -0.15) is 0 Å². The molecular weight excluding hydrogens is 330 g/mol. The molecule has 0 atom stereocenters. The van der Waals surface area contributed by atoms with E-state index in [1.54, 1.807) is 11.8 Å². The third-order valence-corrected chi connectivity index (χ3v) is 4.89. The second kappa shape index (κ2) is 7.17. The summed E-state index contributed by atoms with van der Waals surface area (Å²) >= 11 is 0. The lowest BCUT2D eigenvalue weighted by atomic mass is 10.0. The quantitative estimate of drug-likeness (QED) is 0.773. The van der Waals surface area contributed by atoms with Crippen molar-refractivity contribution >= 4 is 23.4 Å². The maximum Gasteiger partial charge on any atom is 0.414 e. The van der Waals surface area contributed by atoms with Gasteiger partial charge in [0.25, 0.3) is 0 Å². The molecule has 0 N–H and O–H groups in total. The number of nitrogens with zero attached hydrogens (tertiary/aromatic N) is 3. The van der Waals surface area contributed by atoms with Crippen molar-refractivity contribution in [2.75, 3.05) is 42.5 Å². The van der Waals surface area contributed by atoms with Crippen LogP contribution in [0.3, 0.4) is 0 Å². The molecule has 2 aliphatic heterocycles. The molecule has 2 aliphatic rings. The van der Waals surface area contributed by atoms with Crippen molar-refractivity contribution in [3.63, 3.8) is 0 Å². The smallest absolute Gasteiger partial charge is 0.414 e. The molecule has 1 fully saturated rings. The van der Waals surface area contributed by atoms with Crippen molar-refractivity contribution in [1.82, 2.24) is 4.90 Å². The first kappa shape index (κ1) is 18.5. The van der Waals surface area contributed by atoms with E-state index in [1.165, 1.54) is 5.56 Å². The largest absolute Gasteiger partial charge is 0.443 e. The van der Waals surface area contributed by atoms with E-state index >= 15 is 0 Å². The van der Waals surface area contributed by atoms with Crippen LogP contribution in [0.2, 0.25) is 0 Å². The molecule has 2 heterocycles. The third kappa shape index (κ3) is 4.11. The fourth-order valence-corrected chi connectivity index (χ4v) is 3.57. The van der Waals surface area contributed by atoms with Crippen molar-refractivity contribution in [2.24, 2.45) is 0 Å². The fraction of sp³-hybridized carbons (Fsp3) is 0.600. The van der Waals surface area contributed by atoms with Crippen molar-refractivity contribution in [2.45, 2.75) is 46.1 Å². The van der Waals surface area contributed by atoms with E-state index in [2.05, 4.69) is 17.0 Å². The van der Waals surface area contributed by atoms with E-state index in [4.69, 9.17) is 4.74 Å². The third-order valence-electron chi connectivity index (χ3n) is 4.89. The Kier molecular flexibility index (Phi) is 5.12. The summed E-state index contributed by atoms with van der Waals surface area (Å²) in [4.78, 5) is 30.0. The number of carbonyl (C=O) groups is 2. The number of amides is 2. The molecule has 0 aliphatic carbocycles. The predicted molar refractivity (Wildman–Crippen MR) is 103 cm³/mol. The van der Waals surface area contributed by atoms with Crippen LogP contribution in [0.25, 0.3) is 0 Å². The molecule has 2 amide bonds. The van der Waals surface area contributed by atoms with Crippen LogP contribution in [0.15, 0.2) is 18.2 Å². The molecule has 142 valence electrons. The van der Waals surface area contributed by atoms with E-state index < -0.39 is 5.60 Å². The molecule has 0 saturated carbocycles. The molecule has 6 nitrogen and oxygen atoms in total. The molecule has 1 aromatic rings. The summed E-state index contributed by atoms with van der Waals surface area (Å²) in [5.41, 5.74) is 2.81. The Morgan fingerprint density at radius 1 is 1.04 bits per heavy atom. The number of carbonyl (C=O) groups excluding carboxylic acids is 2. The van der Waals surface area contributed by atoms with Gasteiger partial charge in [-0.15, -0.1) is 0 Å². The molecule has 1 saturated heterocycles. The zero-order chi connectivity index (χ0) is 18.9. The van der Waals surface area contributed by atoms with Crippen LogP contribution in [-0.2, 0) is 16.0 Å². The molecule has 0 aromatic heterocycles. The van der Waals surface area contributed by atoms with Crippen LogP contribution < -0.4 is 9.80 Å². The summed E-state index contributed by atoms with van der Waals surface area (Å²) in [5.74, 6) is 0.142. The molecule has 6 heteroatoms. The molecule has 3 rings (SSSR count). The molecular formula is C20H29N3O3. The number of piperazine rings is 1. The van der Waals surface area contributed by atoms with Gasteiger partial charge in [0.2, 0.25) is 5.91 Å². The van der Waals surface area contributed by atoms with Crippen LogP contribution in [0.1, 0.15) is 39.7 Å². The number of hydrogen-bond acceptors (Lipinski definition) is 4. The summed E-state index contributed by atoms with van der Waals surface area (Å²) in [7, 11) is 0. The van der Waals surface area contributed by atoms with Crippen molar-refractivity contribution < 1.29 is 14.3 Å². The average Bonchev–Trinajstić information content (AvgIpc) is 2.59. The number of rotatable bonds is 1. The van der Waals surface area contributed by atoms with Gasteiger partial charge in [-0.25, -0.2) is 4.79 Å². The van der Waals surface area contributed by atoms with Crippen molar-refractivity contribution in [3.8, 4) is 0 Å². The van der Waals surface area contributed by atoms with Gasteiger partial charge in [0.1, 0.15) is 5.60 Å². The predicted octanol–water partition coefficient (Wildman–Crippen LogP) is 3.04. The SMILES string of the molecule is CC(=O)N1CCN(c2ccc3c(c2)CCCN3C(=O)OC(C)(C)C)CC1.